The Kier molecular flexibility index (Phi) is 48.8. The monoisotopic (exact) mass is 859 g/mol. The number of hydrogen-bond donors (Lipinski definition) is 0. The van der Waals surface area contributed by atoms with Crippen molar-refractivity contribution in [2.45, 2.75) is 297 Å². The Morgan fingerprint density at radius 2 is 0.541 bits per heavy atom. The molecule has 0 aliphatic carbocycles. The number of rotatable bonds is 49. The third kappa shape index (κ3) is 48.8. The summed E-state index contributed by atoms with van der Waals surface area (Å²) in [6, 6.07) is 0. The van der Waals surface area contributed by atoms with Gasteiger partial charge in [-0.15, -0.1) is 0 Å². The molecule has 0 N–H and O–H groups in total. The highest BCUT2D eigenvalue weighted by Gasteiger charge is 2.19. The molecule has 0 aromatic carbocycles. The lowest BCUT2D eigenvalue weighted by molar-refractivity contribution is -0.167. The highest BCUT2D eigenvalue weighted by atomic mass is 16.6. The Morgan fingerprint density at radius 1 is 0.311 bits per heavy atom. The summed E-state index contributed by atoms with van der Waals surface area (Å²) in [5, 5.41) is 0. The van der Waals surface area contributed by atoms with E-state index in [-0.39, 0.29) is 31.1 Å². The van der Waals surface area contributed by atoms with Gasteiger partial charge in [-0.2, -0.15) is 0 Å². The van der Waals surface area contributed by atoms with Gasteiger partial charge in [0.2, 0.25) is 0 Å². The first-order chi connectivity index (χ1) is 30.0. The minimum absolute atomic E-state index is 0.0733. The minimum Gasteiger partial charge on any atom is -0.462 e. The molecule has 0 fully saturated rings. The lowest BCUT2D eigenvalue weighted by Crippen LogP contribution is -2.30. The van der Waals surface area contributed by atoms with Crippen molar-refractivity contribution in [2.75, 3.05) is 13.2 Å². The molecule has 0 aliphatic heterocycles. The molecule has 0 saturated heterocycles. The van der Waals surface area contributed by atoms with Crippen molar-refractivity contribution in [3.8, 4) is 0 Å². The molecule has 358 valence electrons. The van der Waals surface area contributed by atoms with Crippen LogP contribution in [0.1, 0.15) is 290 Å². The number of hydrogen-bond acceptors (Lipinski definition) is 6. The molecule has 1 atom stereocenters. The van der Waals surface area contributed by atoms with Crippen molar-refractivity contribution in [3.05, 3.63) is 24.3 Å². The van der Waals surface area contributed by atoms with Crippen molar-refractivity contribution >= 4 is 17.9 Å². The fourth-order valence-corrected chi connectivity index (χ4v) is 7.84. The Bertz CT molecular complexity index is 989. The van der Waals surface area contributed by atoms with Crippen LogP contribution in [0.3, 0.4) is 0 Å². The number of allylic oxidation sites excluding steroid dienone is 4. The summed E-state index contributed by atoms with van der Waals surface area (Å²) in [7, 11) is 0. The van der Waals surface area contributed by atoms with Gasteiger partial charge in [0.1, 0.15) is 13.2 Å². The maximum Gasteiger partial charge on any atom is 0.306 e. The molecule has 0 unspecified atom stereocenters. The van der Waals surface area contributed by atoms with Gasteiger partial charge in [0, 0.05) is 19.3 Å². The lowest BCUT2D eigenvalue weighted by atomic mass is 10.0. The number of ether oxygens (including phenoxy) is 3. The molecule has 61 heavy (non-hydrogen) atoms. The van der Waals surface area contributed by atoms with Crippen LogP contribution in [0.25, 0.3) is 0 Å². The third-order valence-electron chi connectivity index (χ3n) is 11.9. The maximum atomic E-state index is 12.8. The van der Waals surface area contributed by atoms with Gasteiger partial charge >= 0.3 is 17.9 Å². The quantitative estimate of drug-likeness (QED) is 0.0262. The molecule has 0 bridgehead atoms. The van der Waals surface area contributed by atoms with Gasteiger partial charge in [0.15, 0.2) is 6.10 Å². The van der Waals surface area contributed by atoms with E-state index in [1.807, 2.05) is 0 Å². The zero-order valence-corrected chi connectivity index (χ0v) is 40.9. The van der Waals surface area contributed by atoms with Gasteiger partial charge in [-0.05, 0) is 70.6 Å². The van der Waals surface area contributed by atoms with Gasteiger partial charge in [0.05, 0.1) is 0 Å². The van der Waals surface area contributed by atoms with Crippen molar-refractivity contribution in [1.29, 1.82) is 0 Å². The standard InChI is InChI=1S/C55H102O6/c1-4-7-10-13-16-19-22-25-27-30-33-36-39-42-45-48-54(57)60-51-52(50-59-53(56)47-44-41-38-35-32-29-24-21-18-15-12-9-6-3)61-55(58)49-46-43-40-37-34-31-28-26-23-20-17-14-11-8-5-2/h25-28,52H,4-24,29-51H2,1-3H3/b27-25+,28-26+/t52-/m0/s1. The SMILES string of the molecule is CCCCCCCC/C=C/CCCCCCCC(=O)OC[C@H](COC(=O)CCCCCCCCCCCCCCC)OC(=O)CCCCCCC/C=C/CCCCCCCC. The number of unbranched alkanes of at least 4 members (excludes halogenated alkanes) is 34. The van der Waals surface area contributed by atoms with Gasteiger partial charge in [0.25, 0.3) is 0 Å². The van der Waals surface area contributed by atoms with Gasteiger partial charge < -0.3 is 14.2 Å². The zero-order valence-electron chi connectivity index (χ0n) is 40.9. The zero-order chi connectivity index (χ0) is 44.4. The molecular weight excluding hydrogens is 757 g/mol. The van der Waals surface area contributed by atoms with Crippen LogP contribution in [0.2, 0.25) is 0 Å². The van der Waals surface area contributed by atoms with Crippen LogP contribution in [0.15, 0.2) is 24.3 Å². The van der Waals surface area contributed by atoms with Crippen molar-refractivity contribution < 1.29 is 28.6 Å². The van der Waals surface area contributed by atoms with Crippen molar-refractivity contribution in [3.63, 3.8) is 0 Å². The third-order valence-corrected chi connectivity index (χ3v) is 11.9. The number of carbonyl (C=O) groups is 3. The number of carbonyl (C=O) groups excluding carboxylic acids is 3. The second kappa shape index (κ2) is 50.5. The van der Waals surface area contributed by atoms with E-state index in [9.17, 15) is 14.4 Å². The first kappa shape index (κ1) is 58.9. The average molecular weight is 859 g/mol. The average Bonchev–Trinajstić information content (AvgIpc) is 3.26. The van der Waals surface area contributed by atoms with Crippen LogP contribution < -0.4 is 0 Å². The van der Waals surface area contributed by atoms with Gasteiger partial charge in [-0.25, -0.2) is 0 Å². The molecule has 0 rings (SSSR count). The van der Waals surface area contributed by atoms with Crippen LogP contribution in [-0.2, 0) is 28.6 Å². The molecule has 0 amide bonds. The second-order valence-corrected chi connectivity index (χ2v) is 18.1. The van der Waals surface area contributed by atoms with Crippen LogP contribution >= 0.6 is 0 Å². The normalized spacial score (nSPS) is 12.1. The summed E-state index contributed by atoms with van der Waals surface area (Å²) in [6.07, 6.45) is 57.3. The first-order valence-electron chi connectivity index (χ1n) is 26.8. The Labute approximate surface area is 379 Å². The van der Waals surface area contributed by atoms with Gasteiger partial charge in [-0.1, -0.05) is 225 Å². The molecule has 6 nitrogen and oxygen atoms in total. The smallest absolute Gasteiger partial charge is 0.306 e. The molecule has 0 spiro atoms. The summed E-state index contributed by atoms with van der Waals surface area (Å²) < 4.78 is 16.8. The number of esters is 3. The summed E-state index contributed by atoms with van der Waals surface area (Å²) in [6.45, 7) is 6.64. The van der Waals surface area contributed by atoms with E-state index >= 15 is 0 Å². The van der Waals surface area contributed by atoms with E-state index < -0.39 is 6.10 Å². The summed E-state index contributed by atoms with van der Waals surface area (Å²) >= 11 is 0. The Hall–Kier alpha value is -2.11. The summed E-state index contributed by atoms with van der Waals surface area (Å²) in [5.41, 5.74) is 0. The van der Waals surface area contributed by atoms with Crippen molar-refractivity contribution in [2.24, 2.45) is 0 Å². The predicted molar refractivity (Wildman–Crippen MR) is 261 cm³/mol. The van der Waals surface area contributed by atoms with Crippen LogP contribution in [-0.4, -0.2) is 37.2 Å². The van der Waals surface area contributed by atoms with Crippen molar-refractivity contribution in [1.82, 2.24) is 0 Å². The van der Waals surface area contributed by atoms with Gasteiger partial charge in [-0.3, -0.25) is 14.4 Å². The topological polar surface area (TPSA) is 78.9 Å². The summed E-state index contributed by atoms with van der Waals surface area (Å²) in [5.74, 6) is -0.876. The molecule has 0 aliphatic rings. The largest absolute Gasteiger partial charge is 0.462 e. The molecule has 6 heteroatoms. The van der Waals surface area contributed by atoms with E-state index in [0.717, 1.165) is 70.6 Å². The fraction of sp³-hybridized carbons (Fsp3) is 0.873. The predicted octanol–water partition coefficient (Wildman–Crippen LogP) is 17.5. The van der Waals surface area contributed by atoms with E-state index in [4.69, 9.17) is 14.2 Å². The fourth-order valence-electron chi connectivity index (χ4n) is 7.84. The van der Waals surface area contributed by atoms with E-state index in [1.54, 1.807) is 0 Å². The Morgan fingerprint density at radius 3 is 0.820 bits per heavy atom. The molecule has 0 saturated carbocycles. The maximum absolute atomic E-state index is 12.8. The Balaban J connectivity index is 4.37. The minimum atomic E-state index is -0.774. The second-order valence-electron chi connectivity index (χ2n) is 18.1. The van der Waals surface area contributed by atoms with Crippen LogP contribution in [0.5, 0.6) is 0 Å². The summed E-state index contributed by atoms with van der Waals surface area (Å²) in [4.78, 5) is 38.0. The highest BCUT2D eigenvalue weighted by Crippen LogP contribution is 2.15. The van der Waals surface area contributed by atoms with Crippen LogP contribution in [0, 0.1) is 0 Å². The molecule has 0 radical (unpaired) electrons. The molecule has 0 heterocycles. The molecular formula is C55H102O6. The highest BCUT2D eigenvalue weighted by molar-refractivity contribution is 5.71. The molecule has 0 aromatic rings. The van der Waals surface area contributed by atoms with Crippen LogP contribution in [0.4, 0.5) is 0 Å². The van der Waals surface area contributed by atoms with E-state index in [0.29, 0.717) is 19.3 Å². The van der Waals surface area contributed by atoms with E-state index in [1.165, 1.54) is 180 Å². The lowest BCUT2D eigenvalue weighted by Gasteiger charge is -2.18. The molecule has 0 aromatic heterocycles. The first-order valence-corrected chi connectivity index (χ1v) is 26.8. The van der Waals surface area contributed by atoms with E-state index in [2.05, 4.69) is 45.1 Å².